The van der Waals surface area contributed by atoms with Gasteiger partial charge in [0.25, 0.3) is 5.91 Å². The lowest BCUT2D eigenvalue weighted by Crippen LogP contribution is -2.50. The highest BCUT2D eigenvalue weighted by Gasteiger charge is 2.30. The van der Waals surface area contributed by atoms with Crippen LogP contribution in [0.3, 0.4) is 0 Å². The Balaban J connectivity index is 1.49. The highest BCUT2D eigenvalue weighted by molar-refractivity contribution is 5.83. The van der Waals surface area contributed by atoms with Gasteiger partial charge in [-0.05, 0) is 28.1 Å². The third-order valence-corrected chi connectivity index (χ3v) is 4.99. The van der Waals surface area contributed by atoms with Gasteiger partial charge in [0, 0.05) is 37.9 Å². The summed E-state index contributed by atoms with van der Waals surface area (Å²) in [7, 11) is 1.67. The van der Waals surface area contributed by atoms with Crippen LogP contribution in [0.5, 0.6) is 5.75 Å². The highest BCUT2D eigenvalue weighted by Crippen LogP contribution is 2.24. The molecule has 0 spiro atoms. The number of amides is 1. The van der Waals surface area contributed by atoms with Crippen LogP contribution in [-0.4, -0.2) is 64.3 Å². The van der Waals surface area contributed by atoms with E-state index in [-0.39, 0.29) is 5.91 Å². The molecule has 2 aromatic carbocycles. The third-order valence-electron chi connectivity index (χ3n) is 4.99. The summed E-state index contributed by atoms with van der Waals surface area (Å²) in [5.74, 6) is 0.836. The van der Waals surface area contributed by atoms with E-state index < -0.39 is 6.04 Å². The molecule has 3 aromatic rings. The first-order valence-corrected chi connectivity index (χ1v) is 9.21. The summed E-state index contributed by atoms with van der Waals surface area (Å²) in [6.07, 6.45) is 1.49. The van der Waals surface area contributed by atoms with Crippen molar-refractivity contribution in [3.63, 3.8) is 0 Å². The molecule has 144 valence electrons. The molecular formula is C20H22N6O2. The number of carbonyl (C=O) groups is 1. The van der Waals surface area contributed by atoms with E-state index in [1.54, 1.807) is 7.11 Å². The van der Waals surface area contributed by atoms with Gasteiger partial charge in [0.05, 0.1) is 7.11 Å². The fraction of sp³-hybridized carbons (Fsp3) is 0.300. The van der Waals surface area contributed by atoms with Gasteiger partial charge in [-0.15, -0.1) is 5.10 Å². The van der Waals surface area contributed by atoms with E-state index in [1.165, 1.54) is 11.0 Å². The molecule has 1 aromatic heterocycles. The van der Waals surface area contributed by atoms with E-state index in [1.807, 2.05) is 53.4 Å². The molecule has 8 nitrogen and oxygen atoms in total. The molecule has 1 atom stereocenters. The first-order valence-electron chi connectivity index (χ1n) is 9.21. The molecule has 1 aliphatic rings. The van der Waals surface area contributed by atoms with Crippen molar-refractivity contribution in [3.8, 4) is 5.75 Å². The zero-order valence-electron chi connectivity index (χ0n) is 15.7. The van der Waals surface area contributed by atoms with Crippen molar-refractivity contribution in [2.45, 2.75) is 6.04 Å². The van der Waals surface area contributed by atoms with Crippen molar-refractivity contribution < 1.29 is 9.53 Å². The van der Waals surface area contributed by atoms with Gasteiger partial charge in [0.2, 0.25) is 0 Å². The van der Waals surface area contributed by atoms with Crippen LogP contribution >= 0.6 is 0 Å². The Morgan fingerprint density at radius 3 is 2.50 bits per heavy atom. The van der Waals surface area contributed by atoms with Crippen molar-refractivity contribution in [1.82, 2.24) is 25.1 Å². The topological polar surface area (TPSA) is 76.4 Å². The Morgan fingerprint density at radius 2 is 1.82 bits per heavy atom. The molecule has 2 heterocycles. The summed E-state index contributed by atoms with van der Waals surface area (Å²) in [4.78, 5) is 17.5. The largest absolute Gasteiger partial charge is 0.497 e. The normalized spacial score (nSPS) is 15.3. The van der Waals surface area contributed by atoms with Crippen LogP contribution in [-0.2, 0) is 4.79 Å². The molecule has 8 heteroatoms. The minimum atomic E-state index is -0.556. The van der Waals surface area contributed by atoms with E-state index in [0.29, 0.717) is 13.1 Å². The number of piperazine rings is 1. The second-order valence-electron chi connectivity index (χ2n) is 6.62. The lowest BCUT2D eigenvalue weighted by Gasteiger charge is -2.37. The Hall–Kier alpha value is -3.42. The van der Waals surface area contributed by atoms with Crippen LogP contribution in [0.1, 0.15) is 11.6 Å². The number of hydrogen-bond donors (Lipinski definition) is 0. The molecule has 4 rings (SSSR count). The number of methoxy groups -OCH3 is 1. The predicted octanol–water partition coefficient (Wildman–Crippen LogP) is 1.62. The van der Waals surface area contributed by atoms with Crippen LogP contribution in [0.4, 0.5) is 5.69 Å². The molecule has 0 aliphatic carbocycles. The Morgan fingerprint density at radius 1 is 1.04 bits per heavy atom. The molecule has 0 saturated carbocycles. The van der Waals surface area contributed by atoms with Gasteiger partial charge in [0.15, 0.2) is 6.04 Å². The van der Waals surface area contributed by atoms with E-state index in [0.717, 1.165) is 30.1 Å². The average molecular weight is 378 g/mol. The van der Waals surface area contributed by atoms with Crippen LogP contribution in [0.15, 0.2) is 60.9 Å². The summed E-state index contributed by atoms with van der Waals surface area (Å²) in [5.41, 5.74) is 1.97. The number of rotatable bonds is 5. The zero-order valence-corrected chi connectivity index (χ0v) is 15.7. The Bertz CT molecular complexity index is 907. The minimum Gasteiger partial charge on any atom is -0.497 e. The Kier molecular flexibility index (Phi) is 5.18. The van der Waals surface area contributed by atoms with Crippen LogP contribution < -0.4 is 9.64 Å². The summed E-state index contributed by atoms with van der Waals surface area (Å²) in [6.45, 7) is 2.80. The number of hydrogen-bond acceptors (Lipinski definition) is 6. The molecule has 1 saturated heterocycles. The molecule has 0 radical (unpaired) electrons. The summed E-state index contributed by atoms with van der Waals surface area (Å²) in [6, 6.07) is 17.1. The number of tetrazole rings is 1. The maximum Gasteiger partial charge on any atom is 0.252 e. The maximum absolute atomic E-state index is 13.3. The van der Waals surface area contributed by atoms with Gasteiger partial charge >= 0.3 is 0 Å². The molecule has 1 aliphatic heterocycles. The Labute approximate surface area is 163 Å². The maximum atomic E-state index is 13.3. The molecule has 1 unspecified atom stereocenters. The van der Waals surface area contributed by atoms with Gasteiger partial charge < -0.3 is 14.5 Å². The smallest absolute Gasteiger partial charge is 0.252 e. The van der Waals surface area contributed by atoms with Gasteiger partial charge in [-0.1, -0.05) is 36.4 Å². The van der Waals surface area contributed by atoms with Crippen molar-refractivity contribution in [1.29, 1.82) is 0 Å². The van der Waals surface area contributed by atoms with E-state index in [2.05, 4.69) is 26.5 Å². The van der Waals surface area contributed by atoms with Gasteiger partial charge in [-0.25, -0.2) is 4.68 Å². The molecule has 0 bridgehead atoms. The molecule has 28 heavy (non-hydrogen) atoms. The fourth-order valence-corrected chi connectivity index (χ4v) is 3.50. The van der Waals surface area contributed by atoms with Gasteiger partial charge in [-0.2, -0.15) is 0 Å². The first-order chi connectivity index (χ1) is 13.8. The van der Waals surface area contributed by atoms with Crippen molar-refractivity contribution in [3.05, 3.63) is 66.5 Å². The monoisotopic (exact) mass is 378 g/mol. The predicted molar refractivity (Wildman–Crippen MR) is 104 cm³/mol. The lowest BCUT2D eigenvalue weighted by molar-refractivity contribution is -0.134. The van der Waals surface area contributed by atoms with Crippen LogP contribution in [0.2, 0.25) is 0 Å². The minimum absolute atomic E-state index is 0.00351. The van der Waals surface area contributed by atoms with E-state index in [4.69, 9.17) is 4.74 Å². The standard InChI is InChI=1S/C20H22N6O2/c1-28-18-9-5-8-17(14-18)24-10-12-25(13-11-24)20(27)19(26-15-21-22-23-26)16-6-3-2-4-7-16/h2-9,14-15,19H,10-13H2,1H3. The summed E-state index contributed by atoms with van der Waals surface area (Å²) in [5, 5.41) is 11.4. The second kappa shape index (κ2) is 8.08. The van der Waals surface area contributed by atoms with E-state index in [9.17, 15) is 4.79 Å². The zero-order chi connectivity index (χ0) is 19.3. The SMILES string of the molecule is COc1cccc(N2CCN(C(=O)C(c3ccccc3)n3cnnn3)CC2)c1. The average Bonchev–Trinajstić information content (AvgIpc) is 3.29. The number of nitrogens with zero attached hydrogens (tertiary/aromatic N) is 6. The number of benzene rings is 2. The fourth-order valence-electron chi connectivity index (χ4n) is 3.50. The summed E-state index contributed by atoms with van der Waals surface area (Å²) >= 11 is 0. The molecular weight excluding hydrogens is 356 g/mol. The molecule has 1 fully saturated rings. The number of carbonyl (C=O) groups excluding carboxylic acids is 1. The third kappa shape index (κ3) is 3.66. The van der Waals surface area contributed by atoms with Crippen molar-refractivity contribution >= 4 is 11.6 Å². The number of ether oxygens (including phenoxy) is 1. The number of aromatic nitrogens is 4. The van der Waals surface area contributed by atoms with Crippen molar-refractivity contribution in [2.24, 2.45) is 0 Å². The van der Waals surface area contributed by atoms with E-state index >= 15 is 0 Å². The molecule has 1 amide bonds. The second-order valence-corrected chi connectivity index (χ2v) is 6.62. The quantitative estimate of drug-likeness (QED) is 0.672. The lowest BCUT2D eigenvalue weighted by atomic mass is 10.1. The highest BCUT2D eigenvalue weighted by atomic mass is 16.5. The van der Waals surface area contributed by atoms with Crippen molar-refractivity contribution in [2.75, 3.05) is 38.2 Å². The summed E-state index contributed by atoms with van der Waals surface area (Å²) < 4.78 is 6.83. The first kappa shape index (κ1) is 18.0. The van der Waals surface area contributed by atoms with Gasteiger partial charge in [-0.3, -0.25) is 4.79 Å². The molecule has 0 N–H and O–H groups in total. The van der Waals surface area contributed by atoms with Crippen LogP contribution in [0, 0.1) is 0 Å². The van der Waals surface area contributed by atoms with Gasteiger partial charge in [0.1, 0.15) is 12.1 Å². The number of anilines is 1. The van der Waals surface area contributed by atoms with Crippen LogP contribution in [0.25, 0.3) is 0 Å².